The molecule has 5 aromatic rings. The van der Waals surface area contributed by atoms with E-state index in [9.17, 15) is 33.4 Å². The quantitative estimate of drug-likeness (QED) is 0.0165. The zero-order valence-electron chi connectivity index (χ0n) is 48.7. The van der Waals surface area contributed by atoms with E-state index >= 15 is 0 Å². The minimum Gasteiger partial charge on any atom is -0.748 e. The standard InChI is InChI=1S/C69H82N4O9S.Na/c1-42-14-15-49-34-56-23-25-58(49)60(42)38-64(83(78,79)80)62-37-52-32-51(35-57-31-44(41-75)10-5-11-48-33-55(76)22-24-59(48)66(52)81-57)65(62)46-18-20-53(21-19-46)69(82-56,73-67(70)71)40-54(30-43-8-3-2-4-9-43)68(77)27-6-12-50(39-68)47-17-16-45-26-28-72-63(13-7-29-74)61(45)36-47;/h2-4,8-9,16-25,33-34,36-37,42,44,50-51,54,57,60,62-66,72,74-77H,6-7,10,12-15,26-32,35,38-41H2,1H3,(H4,70,71,73)(H,78,79,80);/q;+1/p-1/t42-,44+,50+,51-,54+,57-,60+,62-,63+,64-,65+,66-,68-,69+;/m1./s1. The summed E-state index contributed by atoms with van der Waals surface area (Å²) in [7, 11) is -4.95. The molecule has 6 aliphatic heterocycles. The van der Waals surface area contributed by atoms with Gasteiger partial charge in [0, 0.05) is 48.8 Å². The molecule has 6 heterocycles. The van der Waals surface area contributed by atoms with Crippen molar-refractivity contribution in [3.05, 3.63) is 176 Å². The number of allylic oxidation sites excluding steroid dienone is 1. The van der Waals surface area contributed by atoms with Crippen molar-refractivity contribution in [2.24, 2.45) is 46.0 Å². The number of hydrogen-bond donors (Lipinski definition) is 7. The summed E-state index contributed by atoms with van der Waals surface area (Å²) in [5.74, 6) is 4.84. The number of benzene rings is 5. The van der Waals surface area contributed by atoms with Crippen molar-refractivity contribution in [2.45, 2.75) is 162 Å². The fourth-order valence-corrected chi connectivity index (χ4v) is 17.4. The summed E-state index contributed by atoms with van der Waals surface area (Å²) >= 11 is 0. The van der Waals surface area contributed by atoms with Gasteiger partial charge in [-0.15, -0.1) is 0 Å². The minimum atomic E-state index is -4.95. The van der Waals surface area contributed by atoms with Crippen LogP contribution in [0.25, 0.3) is 0 Å². The van der Waals surface area contributed by atoms with Crippen LogP contribution < -0.4 is 51.1 Å². The fourth-order valence-electron chi connectivity index (χ4n) is 16.3. The van der Waals surface area contributed by atoms with Crippen molar-refractivity contribution in [1.82, 2.24) is 5.32 Å². The Kier molecular flexibility index (Phi) is 18.3. The van der Waals surface area contributed by atoms with Crippen molar-refractivity contribution in [3.63, 3.8) is 0 Å². The maximum absolute atomic E-state index is 14.4. The fraction of sp³-hybridized carbons (Fsp3) is 0.493. The Bertz CT molecular complexity index is 3420. The van der Waals surface area contributed by atoms with Gasteiger partial charge in [-0.2, -0.15) is 0 Å². The summed E-state index contributed by atoms with van der Waals surface area (Å²) in [4.78, 5) is 5.18. The third kappa shape index (κ3) is 12.6. The Hall–Kier alpha value is -5.02. The molecule has 13 nitrogen and oxygen atoms in total. The molecule has 0 radical (unpaired) electrons. The Labute approximate surface area is 518 Å². The van der Waals surface area contributed by atoms with Gasteiger partial charge in [0.1, 0.15) is 17.6 Å². The number of aliphatic hydroxyl groups is 3. The summed E-state index contributed by atoms with van der Waals surface area (Å²) in [6.45, 7) is 3.12. The molecule has 15 heteroatoms. The van der Waals surface area contributed by atoms with E-state index in [4.69, 9.17) is 25.9 Å². The van der Waals surface area contributed by atoms with Crippen molar-refractivity contribution < 1.29 is 72.4 Å². The van der Waals surface area contributed by atoms with Gasteiger partial charge in [0.2, 0.25) is 5.72 Å². The first-order chi connectivity index (χ1) is 40.1. The van der Waals surface area contributed by atoms with E-state index in [-0.39, 0.29) is 109 Å². The van der Waals surface area contributed by atoms with Crippen LogP contribution in [0.5, 0.6) is 11.5 Å². The number of nitrogens with two attached hydrogens (primary N) is 2. The van der Waals surface area contributed by atoms with Crippen LogP contribution in [0.1, 0.15) is 176 Å². The number of ether oxygens (including phenoxy) is 2. The molecule has 1 saturated carbocycles. The predicted molar refractivity (Wildman–Crippen MR) is 320 cm³/mol. The van der Waals surface area contributed by atoms with Crippen LogP contribution in [0.2, 0.25) is 0 Å². The molecule has 9 aliphatic rings. The summed E-state index contributed by atoms with van der Waals surface area (Å²) in [6, 6.07) is 36.5. The van der Waals surface area contributed by atoms with Crippen molar-refractivity contribution in [3.8, 4) is 23.3 Å². The van der Waals surface area contributed by atoms with E-state index in [2.05, 4.69) is 54.4 Å². The Morgan fingerprint density at radius 2 is 1.70 bits per heavy atom. The molecule has 0 spiro atoms. The molecular formula is C69H81N4NaO9S. The molecule has 3 aliphatic carbocycles. The van der Waals surface area contributed by atoms with Crippen molar-refractivity contribution >= 4 is 16.1 Å². The van der Waals surface area contributed by atoms with E-state index in [0.29, 0.717) is 74.7 Å². The molecule has 14 atom stereocenters. The summed E-state index contributed by atoms with van der Waals surface area (Å²) < 4.78 is 57.8. The molecule has 0 amide bonds. The van der Waals surface area contributed by atoms with Gasteiger partial charge < -0.3 is 51.2 Å². The molecule has 2 fully saturated rings. The molecule has 14 rings (SSSR count). The number of aliphatic imine (C=N–C) groups is 1. The second-order valence-electron chi connectivity index (χ2n) is 25.6. The first-order valence-corrected chi connectivity index (χ1v) is 32.0. The van der Waals surface area contributed by atoms with E-state index < -0.39 is 50.6 Å². The number of guanidine groups is 1. The van der Waals surface area contributed by atoms with Gasteiger partial charge in [-0.25, -0.2) is 13.4 Å². The van der Waals surface area contributed by atoms with Crippen LogP contribution in [-0.2, 0) is 39.8 Å². The monoisotopic (exact) mass is 1160 g/mol. The number of nitrogens with one attached hydrogen (secondary N) is 1. The summed E-state index contributed by atoms with van der Waals surface area (Å²) in [5.41, 5.74) is 21.2. The number of hydrogen-bond acceptors (Lipinski definition) is 11. The molecular weight excluding hydrogens is 1080 g/mol. The molecule has 9 N–H and O–H groups in total. The van der Waals surface area contributed by atoms with Crippen LogP contribution in [-0.4, -0.2) is 76.1 Å². The second kappa shape index (κ2) is 25.4. The van der Waals surface area contributed by atoms with Crippen molar-refractivity contribution in [1.29, 1.82) is 0 Å². The summed E-state index contributed by atoms with van der Waals surface area (Å²) in [6.07, 6.45) is 10.8. The Morgan fingerprint density at radius 3 is 2.48 bits per heavy atom. The van der Waals surface area contributed by atoms with Crippen LogP contribution in [0.3, 0.4) is 0 Å². The maximum Gasteiger partial charge on any atom is 1.00 e. The molecule has 84 heavy (non-hydrogen) atoms. The minimum absolute atomic E-state index is 0. The van der Waals surface area contributed by atoms with Gasteiger partial charge in [-0.05, 0) is 213 Å². The van der Waals surface area contributed by atoms with Crippen LogP contribution >= 0.6 is 0 Å². The zero-order chi connectivity index (χ0) is 57.6. The topological polar surface area (TPSA) is 233 Å². The molecule has 1 saturated heterocycles. The van der Waals surface area contributed by atoms with Gasteiger partial charge in [0.25, 0.3) is 0 Å². The normalized spacial score (nSPS) is 31.0. The SMILES string of the molecule is C[C@@H]1CCc2cc3ccc2[C@H]1C[C@@H](S(=O)(=O)[O-])[C@H]1C=C2C[C@H](C[C@H]4C[C@@H](CO)CC#Cc5cc(O)ccc5[C@@H]2O4)[C@@H]1c1ccc(cc1)[C@@](C[C@H](Cc1ccccc1)[C@@]1(O)CCC[C@H](c2ccc4c(c2)[C@H](CCCO)NCC4)C1)(N=C(N)N)O3.[Na+]. The van der Waals surface area contributed by atoms with Crippen LogP contribution in [0.4, 0.5) is 0 Å². The van der Waals surface area contributed by atoms with Gasteiger partial charge >= 0.3 is 29.6 Å². The number of phenols is 1. The van der Waals surface area contributed by atoms with E-state index in [1.807, 2.05) is 72.8 Å². The number of rotatable bonds is 12. The summed E-state index contributed by atoms with van der Waals surface area (Å²) in [5, 5.41) is 47.3. The Balaban J connectivity index is 0.00000736. The zero-order valence-corrected chi connectivity index (χ0v) is 51.5. The van der Waals surface area contributed by atoms with Gasteiger partial charge in [-0.1, -0.05) is 110 Å². The van der Waals surface area contributed by atoms with E-state index in [1.54, 1.807) is 12.1 Å². The van der Waals surface area contributed by atoms with Gasteiger partial charge in [0.05, 0.1) is 27.1 Å². The number of phenolic OH excluding ortho intramolecular Hbond substituents is 1. The number of fused-ring (bicyclic) bond motifs is 10. The number of nitrogens with zero attached hydrogens (tertiary/aromatic N) is 1. The average Bonchev–Trinajstić information content (AvgIpc) is 1.80. The molecule has 0 unspecified atom stereocenters. The second-order valence-corrected chi connectivity index (χ2v) is 27.2. The number of aliphatic hydroxyl groups excluding tert-OH is 2. The number of aryl methyl sites for hydroxylation is 1. The first-order valence-electron chi connectivity index (χ1n) is 30.6. The van der Waals surface area contributed by atoms with Gasteiger partial charge in [0.15, 0.2) is 5.96 Å². The first kappa shape index (κ1) is 60.7. The molecule has 0 aromatic heterocycles. The van der Waals surface area contributed by atoms with Gasteiger partial charge in [-0.3, -0.25) is 0 Å². The third-order valence-electron chi connectivity index (χ3n) is 20.4. The Morgan fingerprint density at radius 1 is 0.905 bits per heavy atom. The van der Waals surface area contributed by atoms with Crippen LogP contribution in [0, 0.1) is 41.4 Å². The van der Waals surface area contributed by atoms with E-state index in [1.165, 1.54) is 16.7 Å². The van der Waals surface area contributed by atoms with E-state index in [0.717, 1.165) is 72.0 Å². The largest absolute Gasteiger partial charge is 1.00 e. The number of aromatic hydroxyl groups is 1. The smallest absolute Gasteiger partial charge is 0.748 e. The maximum atomic E-state index is 14.4. The predicted octanol–water partition coefficient (Wildman–Crippen LogP) is 7.11. The molecule has 5 aromatic carbocycles. The van der Waals surface area contributed by atoms with Crippen LogP contribution in [0.15, 0.2) is 126 Å². The third-order valence-corrected chi connectivity index (χ3v) is 21.6. The molecule has 438 valence electrons. The average molecular weight is 1170 g/mol. The molecule has 10 bridgehead atoms. The van der Waals surface area contributed by atoms with Crippen molar-refractivity contribution in [2.75, 3.05) is 19.8 Å².